The van der Waals surface area contributed by atoms with Gasteiger partial charge in [0.2, 0.25) is 0 Å². The van der Waals surface area contributed by atoms with Crippen molar-refractivity contribution in [3.8, 4) is 0 Å². The first-order valence-corrected chi connectivity index (χ1v) is 12.1. The van der Waals surface area contributed by atoms with E-state index >= 15 is 0 Å². The van der Waals surface area contributed by atoms with Crippen molar-refractivity contribution in [1.82, 2.24) is 10.2 Å². The predicted molar refractivity (Wildman–Crippen MR) is 131 cm³/mol. The summed E-state index contributed by atoms with van der Waals surface area (Å²) < 4.78 is 5.91. The van der Waals surface area contributed by atoms with E-state index in [0.29, 0.717) is 0 Å². The molecule has 5 nitrogen and oxygen atoms in total. The van der Waals surface area contributed by atoms with Gasteiger partial charge < -0.3 is 20.7 Å². The molecule has 1 rings (SSSR count). The van der Waals surface area contributed by atoms with Crippen molar-refractivity contribution >= 4 is 5.84 Å². The monoisotopic (exact) mass is 418 g/mol. The summed E-state index contributed by atoms with van der Waals surface area (Å²) in [5.74, 6) is 2.76. The van der Waals surface area contributed by atoms with Gasteiger partial charge in [0.1, 0.15) is 11.6 Å². The van der Waals surface area contributed by atoms with Crippen LogP contribution in [0.4, 0.5) is 0 Å². The summed E-state index contributed by atoms with van der Waals surface area (Å²) in [6.07, 6.45) is 20.1. The molecule has 0 fully saturated rings. The fraction of sp³-hybridized carbons (Fsp3) is 0.720. The molecular formula is C25H46N4O. The van der Waals surface area contributed by atoms with Crippen LogP contribution in [0, 0.1) is 5.92 Å². The second-order valence-electron chi connectivity index (χ2n) is 7.89. The molecule has 30 heavy (non-hydrogen) atoms. The molecule has 172 valence electrons. The molecule has 0 saturated carbocycles. The summed E-state index contributed by atoms with van der Waals surface area (Å²) >= 11 is 0. The first kappa shape index (κ1) is 26.3. The zero-order valence-corrected chi connectivity index (χ0v) is 19.7. The van der Waals surface area contributed by atoms with Crippen LogP contribution in [0.1, 0.15) is 72.1 Å². The van der Waals surface area contributed by atoms with Crippen molar-refractivity contribution < 1.29 is 4.74 Å². The van der Waals surface area contributed by atoms with Crippen molar-refractivity contribution in [3.63, 3.8) is 0 Å². The Morgan fingerprint density at radius 3 is 2.70 bits per heavy atom. The van der Waals surface area contributed by atoms with Crippen molar-refractivity contribution in [2.24, 2.45) is 16.6 Å². The average molecular weight is 419 g/mol. The van der Waals surface area contributed by atoms with Crippen LogP contribution in [0.3, 0.4) is 0 Å². The van der Waals surface area contributed by atoms with Gasteiger partial charge in [-0.2, -0.15) is 0 Å². The molecule has 3 N–H and O–H groups in total. The number of unbranched alkanes of at least 4 members (excludes halogenated alkanes) is 4. The van der Waals surface area contributed by atoms with Gasteiger partial charge >= 0.3 is 0 Å². The number of nitrogens with one attached hydrogen (secondary N) is 1. The summed E-state index contributed by atoms with van der Waals surface area (Å²) in [4.78, 5) is 6.78. The molecule has 1 aliphatic rings. The van der Waals surface area contributed by atoms with Crippen LogP contribution in [0.15, 0.2) is 41.3 Å². The zero-order chi connectivity index (χ0) is 21.9. The quantitative estimate of drug-likeness (QED) is 0.198. The van der Waals surface area contributed by atoms with E-state index in [0.717, 1.165) is 69.7 Å². The Balaban J connectivity index is 2.00. The minimum atomic E-state index is 0.719. The van der Waals surface area contributed by atoms with Gasteiger partial charge in [-0.15, -0.1) is 0 Å². The van der Waals surface area contributed by atoms with E-state index < -0.39 is 0 Å². The van der Waals surface area contributed by atoms with E-state index in [1.54, 1.807) is 6.20 Å². The lowest BCUT2D eigenvalue weighted by molar-refractivity contribution is 0.213. The maximum atomic E-state index is 5.91. The minimum absolute atomic E-state index is 0.719. The summed E-state index contributed by atoms with van der Waals surface area (Å²) in [6, 6.07) is 0. The van der Waals surface area contributed by atoms with E-state index in [1.807, 2.05) is 13.0 Å². The summed E-state index contributed by atoms with van der Waals surface area (Å²) in [5, 5.41) is 3.55. The SMILES string of the molecule is CCCCC1C=CC(OCCCCCCNCCN(CC)C(/C=C/N)=NCC)=CC1. The second kappa shape index (κ2) is 18.1. The van der Waals surface area contributed by atoms with E-state index in [-0.39, 0.29) is 0 Å². The van der Waals surface area contributed by atoms with Gasteiger partial charge in [0, 0.05) is 26.2 Å². The topological polar surface area (TPSA) is 62.9 Å². The highest BCUT2D eigenvalue weighted by atomic mass is 16.5. The van der Waals surface area contributed by atoms with E-state index in [2.05, 4.69) is 47.3 Å². The summed E-state index contributed by atoms with van der Waals surface area (Å²) in [7, 11) is 0. The van der Waals surface area contributed by atoms with E-state index in [9.17, 15) is 0 Å². The normalized spacial score (nSPS) is 16.8. The lowest BCUT2D eigenvalue weighted by Crippen LogP contribution is -2.36. The summed E-state index contributed by atoms with van der Waals surface area (Å²) in [6.45, 7) is 12.0. The van der Waals surface area contributed by atoms with Crippen LogP contribution in [-0.4, -0.2) is 50.1 Å². The number of allylic oxidation sites excluding steroid dienone is 3. The molecule has 1 aliphatic carbocycles. The van der Waals surface area contributed by atoms with E-state index in [1.165, 1.54) is 38.5 Å². The van der Waals surface area contributed by atoms with Gasteiger partial charge in [0.25, 0.3) is 0 Å². The van der Waals surface area contributed by atoms with Crippen LogP contribution in [-0.2, 0) is 4.74 Å². The number of hydrogen-bond donors (Lipinski definition) is 2. The van der Waals surface area contributed by atoms with Gasteiger partial charge in [0.05, 0.1) is 6.61 Å². The van der Waals surface area contributed by atoms with Gasteiger partial charge in [-0.1, -0.05) is 38.7 Å². The number of likely N-dealkylation sites (N-methyl/N-ethyl adjacent to an activating group) is 1. The number of rotatable bonds is 17. The summed E-state index contributed by atoms with van der Waals surface area (Å²) in [5.41, 5.74) is 5.54. The molecule has 0 radical (unpaired) electrons. The molecule has 0 amide bonds. The molecule has 0 aromatic carbocycles. The number of nitrogens with zero attached hydrogens (tertiary/aromatic N) is 2. The largest absolute Gasteiger partial charge is 0.494 e. The molecule has 0 aliphatic heterocycles. The van der Waals surface area contributed by atoms with Crippen LogP contribution in [0.25, 0.3) is 0 Å². The number of nitrogens with two attached hydrogens (primary N) is 1. The van der Waals surface area contributed by atoms with Crippen LogP contribution < -0.4 is 11.1 Å². The van der Waals surface area contributed by atoms with Gasteiger partial charge in [-0.3, -0.25) is 4.99 Å². The first-order valence-electron chi connectivity index (χ1n) is 12.1. The molecule has 0 spiro atoms. The highest BCUT2D eigenvalue weighted by Crippen LogP contribution is 2.22. The number of amidine groups is 1. The van der Waals surface area contributed by atoms with Crippen LogP contribution in [0.2, 0.25) is 0 Å². The standard InChI is InChI=1S/C25H46N4O/c1-4-7-12-23-13-15-24(16-14-23)30-22-11-9-8-10-19-27-20-21-29(6-3)25(17-18-26)28-5-2/h13,15-18,23,27H,4-12,14,19-22,26H2,1-3H3/b18-17+,28-25?. The maximum absolute atomic E-state index is 5.91. The fourth-order valence-electron chi connectivity index (χ4n) is 3.61. The van der Waals surface area contributed by atoms with Gasteiger partial charge in [0.15, 0.2) is 0 Å². The van der Waals surface area contributed by atoms with Crippen molar-refractivity contribution in [2.75, 3.05) is 39.3 Å². The Labute approximate surface area is 185 Å². The molecular weight excluding hydrogens is 372 g/mol. The molecule has 0 aromatic heterocycles. The number of hydrogen-bond acceptors (Lipinski definition) is 4. The fourth-order valence-corrected chi connectivity index (χ4v) is 3.61. The van der Waals surface area contributed by atoms with E-state index in [4.69, 9.17) is 10.5 Å². The Hall–Kier alpha value is -1.75. The van der Waals surface area contributed by atoms with Crippen LogP contribution >= 0.6 is 0 Å². The third-order valence-corrected chi connectivity index (χ3v) is 5.43. The zero-order valence-electron chi connectivity index (χ0n) is 19.7. The predicted octanol–water partition coefficient (Wildman–Crippen LogP) is 5.02. The first-order chi connectivity index (χ1) is 14.7. The molecule has 0 bridgehead atoms. The molecule has 5 heteroatoms. The van der Waals surface area contributed by atoms with Gasteiger partial charge in [-0.25, -0.2) is 0 Å². The minimum Gasteiger partial charge on any atom is -0.494 e. The highest BCUT2D eigenvalue weighted by Gasteiger charge is 2.09. The molecule has 0 heterocycles. The Bertz CT molecular complexity index is 539. The third-order valence-electron chi connectivity index (χ3n) is 5.43. The second-order valence-corrected chi connectivity index (χ2v) is 7.89. The lowest BCUT2D eigenvalue weighted by Gasteiger charge is -2.23. The molecule has 0 aromatic rings. The van der Waals surface area contributed by atoms with Crippen molar-refractivity contribution in [2.45, 2.75) is 72.1 Å². The number of aliphatic imine (C=N–C) groups is 1. The Morgan fingerprint density at radius 2 is 2.03 bits per heavy atom. The van der Waals surface area contributed by atoms with Gasteiger partial charge in [-0.05, 0) is 76.4 Å². The lowest BCUT2D eigenvalue weighted by atomic mass is 9.94. The molecule has 1 atom stereocenters. The highest BCUT2D eigenvalue weighted by molar-refractivity contribution is 5.92. The third kappa shape index (κ3) is 12.1. The Morgan fingerprint density at radius 1 is 1.20 bits per heavy atom. The van der Waals surface area contributed by atoms with Crippen LogP contribution in [0.5, 0.6) is 0 Å². The molecule has 0 saturated heterocycles. The Kier molecular flexibility index (Phi) is 15.8. The van der Waals surface area contributed by atoms with Crippen molar-refractivity contribution in [1.29, 1.82) is 0 Å². The van der Waals surface area contributed by atoms with Crippen molar-refractivity contribution in [3.05, 3.63) is 36.3 Å². The average Bonchev–Trinajstić information content (AvgIpc) is 2.77. The maximum Gasteiger partial charge on any atom is 0.124 e. The number of ether oxygens (including phenoxy) is 1. The molecule has 1 unspecified atom stereocenters. The smallest absolute Gasteiger partial charge is 0.124 e.